The Morgan fingerprint density at radius 3 is 1.48 bits per heavy atom. The lowest BCUT2D eigenvalue weighted by Gasteiger charge is -2.23. The van der Waals surface area contributed by atoms with Gasteiger partial charge in [-0.05, 0) is 70.8 Å². The van der Waals surface area contributed by atoms with Gasteiger partial charge in [-0.2, -0.15) is 0 Å². The van der Waals surface area contributed by atoms with Gasteiger partial charge in [0.1, 0.15) is 11.5 Å². The van der Waals surface area contributed by atoms with Crippen molar-refractivity contribution in [1.82, 2.24) is 0 Å². The predicted molar refractivity (Wildman–Crippen MR) is 114 cm³/mol. The molecule has 0 amide bonds. The Balaban J connectivity index is 1.90. The van der Waals surface area contributed by atoms with Crippen LogP contribution in [-0.2, 0) is 15.0 Å². The van der Waals surface area contributed by atoms with Gasteiger partial charge in [0.25, 0.3) is 0 Å². The summed E-state index contributed by atoms with van der Waals surface area (Å²) in [4.78, 5) is 24.0. The molecule has 0 spiro atoms. The fourth-order valence-corrected chi connectivity index (χ4v) is 3.91. The quantitative estimate of drug-likeness (QED) is 0.254. The van der Waals surface area contributed by atoms with Crippen LogP contribution < -0.4 is 9.47 Å². The van der Waals surface area contributed by atoms with Crippen LogP contribution in [0.15, 0.2) is 60.7 Å². The Bertz CT molecular complexity index is 1160. The zero-order valence-electron chi connectivity index (χ0n) is 17.0. The van der Waals surface area contributed by atoms with Crippen LogP contribution in [0.1, 0.15) is 38.8 Å². The molecule has 1 aliphatic carbocycles. The molecule has 0 fully saturated rings. The normalized spacial score (nSPS) is 13.7. The highest BCUT2D eigenvalue weighted by atomic mass is 16.5. The second-order valence-corrected chi connectivity index (χ2v) is 8.17. The van der Waals surface area contributed by atoms with E-state index < -0.39 is 11.9 Å². The summed E-state index contributed by atoms with van der Waals surface area (Å²) in [5, 5.41) is 4.27. The minimum Gasteiger partial charge on any atom is -0.423 e. The van der Waals surface area contributed by atoms with Gasteiger partial charge < -0.3 is 9.47 Å². The molecule has 0 radical (unpaired) electrons. The van der Waals surface area contributed by atoms with Gasteiger partial charge in [0.15, 0.2) is 0 Å². The second-order valence-electron chi connectivity index (χ2n) is 8.17. The summed E-state index contributed by atoms with van der Waals surface area (Å²) < 4.78 is 11.0. The van der Waals surface area contributed by atoms with Crippen LogP contribution in [0.2, 0.25) is 0 Å². The first-order chi connectivity index (χ1) is 13.6. The summed E-state index contributed by atoms with van der Waals surface area (Å²) in [5.74, 6) is 0.101. The van der Waals surface area contributed by atoms with Crippen molar-refractivity contribution in [2.45, 2.75) is 33.1 Å². The van der Waals surface area contributed by atoms with E-state index in [0.29, 0.717) is 22.6 Å². The molecule has 3 aromatic carbocycles. The molecule has 0 bridgehead atoms. The summed E-state index contributed by atoms with van der Waals surface area (Å²) in [7, 11) is 0. The van der Waals surface area contributed by atoms with Crippen molar-refractivity contribution in [3.63, 3.8) is 0 Å². The number of carbonyl (C=O) groups excluding carboxylic acids is 2. The highest BCUT2D eigenvalue weighted by Crippen LogP contribution is 2.51. The maximum absolute atomic E-state index is 12.0. The van der Waals surface area contributed by atoms with Gasteiger partial charge >= 0.3 is 11.9 Å². The van der Waals surface area contributed by atoms with Crippen LogP contribution >= 0.6 is 0 Å². The van der Waals surface area contributed by atoms with Gasteiger partial charge in [0.2, 0.25) is 0 Å². The van der Waals surface area contributed by atoms with Crippen molar-refractivity contribution < 1.29 is 19.1 Å². The van der Waals surface area contributed by atoms with Gasteiger partial charge in [0.05, 0.1) is 0 Å². The molecule has 1 aliphatic rings. The van der Waals surface area contributed by atoms with Crippen molar-refractivity contribution in [3.05, 3.63) is 71.8 Å². The van der Waals surface area contributed by atoms with E-state index in [4.69, 9.17) is 9.47 Å². The average Bonchev–Trinajstić information content (AvgIpc) is 2.87. The molecule has 4 heteroatoms. The van der Waals surface area contributed by atoms with E-state index in [0.717, 1.165) is 32.7 Å². The number of benzene rings is 3. The van der Waals surface area contributed by atoms with Gasteiger partial charge in [-0.3, -0.25) is 0 Å². The highest BCUT2D eigenvalue weighted by Gasteiger charge is 2.35. The Hall–Kier alpha value is -3.40. The molecule has 4 nitrogen and oxygen atoms in total. The standard InChI is InChI=1S/C25H22O4/c1-13(2)23(26)28-17-9-15-7-8-16-10-18(29-24(27)14(3)4)12-20-22(16)21(15)19(11-17)25(20,5)6/h7-12H,1,3H2,2,4-6H3. The maximum atomic E-state index is 12.0. The molecule has 146 valence electrons. The van der Waals surface area contributed by atoms with Crippen LogP contribution in [0.25, 0.3) is 21.5 Å². The molecular weight excluding hydrogens is 364 g/mol. The third kappa shape index (κ3) is 2.92. The van der Waals surface area contributed by atoms with Crippen molar-refractivity contribution >= 4 is 33.5 Å². The molecule has 29 heavy (non-hydrogen) atoms. The van der Waals surface area contributed by atoms with Gasteiger partial charge in [-0.25, -0.2) is 9.59 Å². The first-order valence-electron chi connectivity index (χ1n) is 9.40. The van der Waals surface area contributed by atoms with E-state index in [-0.39, 0.29) is 5.41 Å². The lowest BCUT2D eigenvalue weighted by atomic mass is 9.81. The minimum absolute atomic E-state index is 0.350. The molecule has 0 saturated carbocycles. The molecular formula is C25H22O4. The summed E-state index contributed by atoms with van der Waals surface area (Å²) in [6.45, 7) is 14.8. The van der Waals surface area contributed by atoms with E-state index >= 15 is 0 Å². The predicted octanol–water partition coefficient (Wildman–Crippen LogP) is 5.60. The third-order valence-corrected chi connectivity index (χ3v) is 5.44. The molecule has 3 aromatic rings. The van der Waals surface area contributed by atoms with E-state index in [9.17, 15) is 9.59 Å². The number of hydrogen-bond donors (Lipinski definition) is 0. The summed E-state index contributed by atoms with van der Waals surface area (Å²) >= 11 is 0. The third-order valence-electron chi connectivity index (χ3n) is 5.44. The molecule has 0 unspecified atom stereocenters. The fourth-order valence-electron chi connectivity index (χ4n) is 3.91. The van der Waals surface area contributed by atoms with Gasteiger partial charge in [-0.15, -0.1) is 0 Å². The molecule has 0 aromatic heterocycles. The summed E-state index contributed by atoms with van der Waals surface area (Å²) in [6, 6.07) is 11.6. The van der Waals surface area contributed by atoms with Crippen molar-refractivity contribution in [1.29, 1.82) is 0 Å². The fraction of sp³-hybridized carbons (Fsp3) is 0.200. The van der Waals surface area contributed by atoms with Crippen molar-refractivity contribution in [3.8, 4) is 11.5 Å². The molecule has 0 heterocycles. The maximum Gasteiger partial charge on any atom is 0.338 e. The molecule has 0 saturated heterocycles. The van der Waals surface area contributed by atoms with Crippen LogP contribution in [0.3, 0.4) is 0 Å². The first kappa shape index (κ1) is 18.9. The highest BCUT2D eigenvalue weighted by molar-refractivity contribution is 6.15. The zero-order chi connectivity index (χ0) is 21.1. The SMILES string of the molecule is C=C(C)C(=O)Oc1cc2c3c(ccc4cc(OC(=O)C(=C)C)cc(c43)C2(C)C)c1. The Labute approximate surface area is 169 Å². The lowest BCUT2D eigenvalue weighted by molar-refractivity contribution is -0.130. The van der Waals surface area contributed by atoms with E-state index in [1.165, 1.54) is 0 Å². The Morgan fingerprint density at radius 2 is 1.14 bits per heavy atom. The van der Waals surface area contributed by atoms with E-state index in [1.54, 1.807) is 13.8 Å². The summed E-state index contributed by atoms with van der Waals surface area (Å²) in [5.41, 5.74) is 2.50. The molecule has 0 N–H and O–H groups in total. The molecule has 0 aliphatic heterocycles. The van der Waals surface area contributed by atoms with E-state index in [1.807, 2.05) is 36.4 Å². The monoisotopic (exact) mass is 386 g/mol. The number of rotatable bonds is 4. The average molecular weight is 386 g/mol. The Morgan fingerprint density at radius 1 is 0.759 bits per heavy atom. The zero-order valence-corrected chi connectivity index (χ0v) is 17.0. The van der Waals surface area contributed by atoms with Gasteiger partial charge in [0, 0.05) is 16.6 Å². The van der Waals surface area contributed by atoms with Crippen LogP contribution in [0, 0.1) is 0 Å². The number of ether oxygens (including phenoxy) is 2. The second kappa shape index (κ2) is 6.31. The molecule has 0 atom stereocenters. The largest absolute Gasteiger partial charge is 0.423 e. The minimum atomic E-state index is -0.445. The lowest BCUT2D eigenvalue weighted by Crippen LogP contribution is -2.16. The number of esters is 2. The van der Waals surface area contributed by atoms with Crippen molar-refractivity contribution in [2.75, 3.05) is 0 Å². The topological polar surface area (TPSA) is 52.6 Å². The Kier molecular flexibility index (Phi) is 4.12. The number of carbonyl (C=O) groups is 2. The molecule has 4 rings (SSSR count). The van der Waals surface area contributed by atoms with Gasteiger partial charge in [-0.1, -0.05) is 39.1 Å². The van der Waals surface area contributed by atoms with Crippen LogP contribution in [-0.4, -0.2) is 11.9 Å². The van der Waals surface area contributed by atoms with Crippen molar-refractivity contribution in [2.24, 2.45) is 0 Å². The summed E-state index contributed by atoms with van der Waals surface area (Å²) in [6.07, 6.45) is 0. The van der Waals surface area contributed by atoms with Crippen LogP contribution in [0.5, 0.6) is 11.5 Å². The smallest absolute Gasteiger partial charge is 0.338 e. The first-order valence-corrected chi connectivity index (χ1v) is 9.40. The van der Waals surface area contributed by atoms with E-state index in [2.05, 4.69) is 27.0 Å². The number of hydrogen-bond acceptors (Lipinski definition) is 4. The van der Waals surface area contributed by atoms with Crippen LogP contribution in [0.4, 0.5) is 0 Å².